The van der Waals surface area contributed by atoms with E-state index in [4.69, 9.17) is 8.94 Å². The molecular weight excluding hydrogens is 371 g/mol. The van der Waals surface area contributed by atoms with Gasteiger partial charge in [0.25, 0.3) is 5.91 Å². The van der Waals surface area contributed by atoms with E-state index in [-0.39, 0.29) is 18.3 Å². The van der Waals surface area contributed by atoms with Crippen LogP contribution < -0.4 is 0 Å². The highest BCUT2D eigenvalue weighted by Crippen LogP contribution is 2.22. The number of rotatable bonds is 6. The second-order valence-electron chi connectivity index (χ2n) is 6.81. The van der Waals surface area contributed by atoms with Gasteiger partial charge in [-0.2, -0.15) is 0 Å². The van der Waals surface area contributed by atoms with Crippen molar-refractivity contribution in [2.75, 3.05) is 0 Å². The Morgan fingerprint density at radius 1 is 1.00 bits per heavy atom. The second kappa shape index (κ2) is 8.14. The predicted molar refractivity (Wildman–Crippen MR) is 105 cm³/mol. The molecule has 1 amide bonds. The van der Waals surface area contributed by atoms with E-state index in [1.165, 1.54) is 12.1 Å². The second-order valence-corrected chi connectivity index (χ2v) is 6.81. The minimum absolute atomic E-state index is 0.142. The maximum atomic E-state index is 13.3. The molecule has 2 aromatic carbocycles. The number of aromatic nitrogens is 1. The van der Waals surface area contributed by atoms with E-state index in [9.17, 15) is 9.18 Å². The van der Waals surface area contributed by atoms with E-state index in [2.05, 4.69) is 5.16 Å². The first-order chi connectivity index (χ1) is 14.1. The molecule has 0 unspecified atom stereocenters. The summed E-state index contributed by atoms with van der Waals surface area (Å²) in [6.45, 7) is 2.53. The predicted octanol–water partition coefficient (Wildman–Crippen LogP) is 5.22. The van der Waals surface area contributed by atoms with E-state index < -0.39 is 0 Å². The van der Waals surface area contributed by atoms with Crippen molar-refractivity contribution in [2.45, 2.75) is 20.0 Å². The van der Waals surface area contributed by atoms with Crippen LogP contribution in [0.4, 0.5) is 4.39 Å². The van der Waals surface area contributed by atoms with Crippen LogP contribution in [-0.2, 0) is 13.1 Å². The topological polar surface area (TPSA) is 59.5 Å². The number of aryl methyl sites for hydroxylation is 1. The third-order valence-electron chi connectivity index (χ3n) is 4.55. The van der Waals surface area contributed by atoms with Crippen LogP contribution >= 0.6 is 0 Å². The summed E-state index contributed by atoms with van der Waals surface area (Å²) in [5.74, 6) is 0.606. The molecule has 0 N–H and O–H groups in total. The number of furan rings is 1. The highest BCUT2D eigenvalue weighted by atomic mass is 19.1. The molecule has 0 radical (unpaired) electrons. The number of benzene rings is 2. The molecule has 0 aliphatic heterocycles. The van der Waals surface area contributed by atoms with Gasteiger partial charge in [0.2, 0.25) is 5.76 Å². The van der Waals surface area contributed by atoms with Gasteiger partial charge >= 0.3 is 0 Å². The fourth-order valence-corrected chi connectivity index (χ4v) is 3.01. The highest BCUT2D eigenvalue weighted by molar-refractivity contribution is 5.94. The number of hydrogen-bond acceptors (Lipinski definition) is 4. The van der Waals surface area contributed by atoms with Gasteiger partial charge in [0, 0.05) is 18.2 Å². The SMILES string of the molecule is Cc1ccc(C(=O)N(Cc2ccc(F)cc2)Cc2cc(-c3ccco3)on2)cc1. The van der Waals surface area contributed by atoms with Gasteiger partial charge in [-0.15, -0.1) is 0 Å². The first-order valence-corrected chi connectivity index (χ1v) is 9.18. The third kappa shape index (κ3) is 4.43. The lowest BCUT2D eigenvalue weighted by molar-refractivity contribution is 0.0726. The number of carbonyl (C=O) groups is 1. The fraction of sp³-hybridized carbons (Fsp3) is 0.130. The Morgan fingerprint density at radius 3 is 2.45 bits per heavy atom. The molecule has 4 rings (SSSR count). The molecule has 0 saturated heterocycles. The van der Waals surface area contributed by atoms with E-state index in [0.29, 0.717) is 29.3 Å². The third-order valence-corrected chi connectivity index (χ3v) is 4.55. The Balaban J connectivity index is 1.59. The van der Waals surface area contributed by atoms with Gasteiger partial charge in [0.1, 0.15) is 11.5 Å². The maximum absolute atomic E-state index is 13.3. The van der Waals surface area contributed by atoms with Crippen molar-refractivity contribution in [3.63, 3.8) is 0 Å². The van der Waals surface area contributed by atoms with E-state index in [1.807, 2.05) is 19.1 Å². The summed E-state index contributed by atoms with van der Waals surface area (Å²) in [5.41, 5.74) is 3.07. The lowest BCUT2D eigenvalue weighted by atomic mass is 10.1. The van der Waals surface area contributed by atoms with Gasteiger partial charge in [-0.1, -0.05) is 35.0 Å². The zero-order valence-electron chi connectivity index (χ0n) is 15.8. The lowest BCUT2D eigenvalue weighted by Gasteiger charge is -2.22. The van der Waals surface area contributed by atoms with Crippen LogP contribution in [0.3, 0.4) is 0 Å². The van der Waals surface area contributed by atoms with Crippen LogP contribution in [0.15, 0.2) is 81.9 Å². The quantitative estimate of drug-likeness (QED) is 0.453. The van der Waals surface area contributed by atoms with Crippen LogP contribution in [0.5, 0.6) is 0 Å². The molecule has 6 heteroatoms. The van der Waals surface area contributed by atoms with E-state index in [0.717, 1.165) is 11.1 Å². The summed E-state index contributed by atoms with van der Waals surface area (Å²) >= 11 is 0. The molecule has 0 aliphatic rings. The first kappa shape index (κ1) is 18.7. The van der Waals surface area contributed by atoms with Gasteiger partial charge in [-0.25, -0.2) is 4.39 Å². The number of halogens is 1. The summed E-state index contributed by atoms with van der Waals surface area (Å²) < 4.78 is 23.9. The van der Waals surface area contributed by atoms with Gasteiger partial charge in [-0.3, -0.25) is 4.79 Å². The van der Waals surface area contributed by atoms with Gasteiger partial charge in [-0.05, 0) is 48.9 Å². The van der Waals surface area contributed by atoms with Gasteiger partial charge in [0.05, 0.1) is 12.8 Å². The molecule has 2 heterocycles. The molecule has 5 nitrogen and oxygen atoms in total. The monoisotopic (exact) mass is 390 g/mol. The maximum Gasteiger partial charge on any atom is 0.254 e. The molecular formula is C23H19FN2O3. The molecule has 4 aromatic rings. The molecule has 0 fully saturated rings. The molecule has 0 saturated carbocycles. The van der Waals surface area contributed by atoms with Crippen LogP contribution in [0.25, 0.3) is 11.5 Å². The van der Waals surface area contributed by atoms with Crippen molar-refractivity contribution in [3.8, 4) is 11.5 Å². The van der Waals surface area contributed by atoms with Crippen LogP contribution in [-0.4, -0.2) is 16.0 Å². The molecule has 0 spiro atoms. The van der Waals surface area contributed by atoms with E-state index >= 15 is 0 Å². The Labute approximate surface area is 167 Å². The van der Waals surface area contributed by atoms with Crippen molar-refractivity contribution in [3.05, 3.63) is 101 Å². The Hall–Kier alpha value is -3.67. The number of hydrogen-bond donors (Lipinski definition) is 0. The van der Waals surface area contributed by atoms with Crippen molar-refractivity contribution < 1.29 is 18.1 Å². The zero-order valence-corrected chi connectivity index (χ0v) is 15.8. The molecule has 0 atom stereocenters. The Kier molecular flexibility index (Phi) is 5.24. The number of carbonyl (C=O) groups excluding carboxylic acids is 1. The lowest BCUT2D eigenvalue weighted by Crippen LogP contribution is -2.30. The Morgan fingerprint density at radius 2 is 1.76 bits per heavy atom. The number of nitrogens with zero attached hydrogens (tertiary/aromatic N) is 2. The zero-order chi connectivity index (χ0) is 20.2. The summed E-state index contributed by atoms with van der Waals surface area (Å²) in [5, 5.41) is 4.07. The van der Waals surface area contributed by atoms with Crippen LogP contribution in [0.2, 0.25) is 0 Å². The van der Waals surface area contributed by atoms with Gasteiger partial charge < -0.3 is 13.8 Å². The minimum Gasteiger partial charge on any atom is -0.461 e. The summed E-state index contributed by atoms with van der Waals surface area (Å²) in [4.78, 5) is 14.8. The van der Waals surface area contributed by atoms with Gasteiger partial charge in [0.15, 0.2) is 5.76 Å². The normalized spacial score (nSPS) is 10.8. The summed E-state index contributed by atoms with van der Waals surface area (Å²) in [6, 6.07) is 18.8. The fourth-order valence-electron chi connectivity index (χ4n) is 3.01. The summed E-state index contributed by atoms with van der Waals surface area (Å²) in [6.07, 6.45) is 1.55. The Bertz CT molecular complexity index is 1080. The van der Waals surface area contributed by atoms with Crippen molar-refractivity contribution >= 4 is 5.91 Å². The summed E-state index contributed by atoms with van der Waals surface area (Å²) in [7, 11) is 0. The van der Waals surface area contributed by atoms with Crippen molar-refractivity contribution in [1.82, 2.24) is 10.1 Å². The van der Waals surface area contributed by atoms with E-state index in [1.54, 1.807) is 53.6 Å². The first-order valence-electron chi connectivity index (χ1n) is 9.18. The average molecular weight is 390 g/mol. The average Bonchev–Trinajstić information content (AvgIpc) is 3.41. The standard InChI is InChI=1S/C23H19FN2O3/c1-16-4-8-18(9-5-16)23(27)26(14-17-6-10-19(24)11-7-17)15-20-13-22(29-25-20)21-3-2-12-28-21/h2-13H,14-15H2,1H3. The van der Waals surface area contributed by atoms with Crippen molar-refractivity contribution in [1.29, 1.82) is 0 Å². The van der Waals surface area contributed by atoms with Crippen LogP contribution in [0, 0.1) is 12.7 Å². The molecule has 146 valence electrons. The molecule has 29 heavy (non-hydrogen) atoms. The highest BCUT2D eigenvalue weighted by Gasteiger charge is 2.19. The van der Waals surface area contributed by atoms with Crippen LogP contribution in [0.1, 0.15) is 27.2 Å². The number of amides is 1. The van der Waals surface area contributed by atoms with Crippen molar-refractivity contribution in [2.24, 2.45) is 0 Å². The smallest absolute Gasteiger partial charge is 0.254 e. The molecule has 2 aromatic heterocycles. The molecule has 0 aliphatic carbocycles. The largest absolute Gasteiger partial charge is 0.461 e. The minimum atomic E-state index is -0.315. The molecule has 0 bridgehead atoms.